The smallest absolute Gasteiger partial charge is 0.260 e. The summed E-state index contributed by atoms with van der Waals surface area (Å²) in [6.45, 7) is 5.97. The van der Waals surface area contributed by atoms with E-state index in [-0.39, 0.29) is 11.8 Å². The van der Waals surface area contributed by atoms with E-state index >= 15 is 0 Å². The van der Waals surface area contributed by atoms with E-state index in [9.17, 15) is 4.79 Å². The van der Waals surface area contributed by atoms with Crippen LogP contribution in [0.4, 0.5) is 5.13 Å². The molecule has 8 heteroatoms. The Kier molecular flexibility index (Phi) is 5.18. The number of carbonyl (C=O) groups is 1. The standard InChI is InChI=1S/C21H20N6OS/c1-13(2)18-15(12-24-27(18)17-9-5-7-11-23-17)20(28)26-21-25-14(3)19(29-21)16-8-4-6-10-22-16/h4-13H,1-3H3,(H,25,26,28). The minimum atomic E-state index is -0.239. The van der Waals surface area contributed by atoms with Gasteiger partial charge in [0.25, 0.3) is 5.91 Å². The summed E-state index contributed by atoms with van der Waals surface area (Å²) in [7, 11) is 0. The zero-order valence-corrected chi connectivity index (χ0v) is 17.1. The summed E-state index contributed by atoms with van der Waals surface area (Å²) in [5, 5.41) is 7.86. The second-order valence-corrected chi connectivity index (χ2v) is 7.80. The van der Waals surface area contributed by atoms with E-state index in [1.807, 2.05) is 57.2 Å². The molecule has 0 saturated heterocycles. The Hall–Kier alpha value is -3.39. The molecule has 1 N–H and O–H groups in total. The van der Waals surface area contributed by atoms with Gasteiger partial charge in [-0.3, -0.25) is 15.1 Å². The molecule has 0 aromatic carbocycles. The van der Waals surface area contributed by atoms with Crippen molar-refractivity contribution in [1.29, 1.82) is 0 Å². The second kappa shape index (κ2) is 7.92. The average Bonchev–Trinajstić information content (AvgIpc) is 3.33. The Morgan fingerprint density at radius 1 is 1.10 bits per heavy atom. The first kappa shape index (κ1) is 18.9. The number of aryl methyl sites for hydroxylation is 1. The van der Waals surface area contributed by atoms with E-state index in [1.54, 1.807) is 23.3 Å². The van der Waals surface area contributed by atoms with E-state index < -0.39 is 0 Å². The normalized spacial score (nSPS) is 11.0. The van der Waals surface area contributed by atoms with E-state index in [1.165, 1.54) is 11.3 Å². The molecule has 0 spiro atoms. The molecule has 4 aromatic rings. The minimum Gasteiger partial charge on any atom is -0.298 e. The maximum atomic E-state index is 13.0. The van der Waals surface area contributed by atoms with Crippen LogP contribution in [0.1, 0.15) is 41.5 Å². The molecule has 0 unspecified atom stereocenters. The van der Waals surface area contributed by atoms with Crippen LogP contribution in [0.3, 0.4) is 0 Å². The van der Waals surface area contributed by atoms with Gasteiger partial charge in [-0.15, -0.1) is 0 Å². The van der Waals surface area contributed by atoms with E-state index in [2.05, 4.69) is 25.4 Å². The lowest BCUT2D eigenvalue weighted by atomic mass is 10.1. The zero-order chi connectivity index (χ0) is 20.4. The van der Waals surface area contributed by atoms with Gasteiger partial charge in [0, 0.05) is 12.4 Å². The fraction of sp³-hybridized carbons (Fsp3) is 0.190. The maximum absolute atomic E-state index is 13.0. The van der Waals surface area contributed by atoms with Gasteiger partial charge in [0.1, 0.15) is 0 Å². The van der Waals surface area contributed by atoms with Crippen molar-refractivity contribution in [2.75, 3.05) is 5.32 Å². The predicted octanol–water partition coefficient (Wildman–Crippen LogP) is 4.47. The van der Waals surface area contributed by atoms with Gasteiger partial charge >= 0.3 is 0 Å². The van der Waals surface area contributed by atoms with Crippen molar-refractivity contribution in [2.24, 2.45) is 0 Å². The van der Waals surface area contributed by atoms with Crippen molar-refractivity contribution in [1.82, 2.24) is 24.7 Å². The molecule has 4 rings (SSSR count). The number of nitrogens with zero attached hydrogens (tertiary/aromatic N) is 5. The molecule has 0 fully saturated rings. The van der Waals surface area contributed by atoms with Gasteiger partial charge < -0.3 is 0 Å². The van der Waals surface area contributed by atoms with Crippen molar-refractivity contribution in [3.8, 4) is 16.4 Å². The highest BCUT2D eigenvalue weighted by atomic mass is 32.1. The highest BCUT2D eigenvalue weighted by Crippen LogP contribution is 2.32. The van der Waals surface area contributed by atoms with Gasteiger partial charge in [-0.2, -0.15) is 5.10 Å². The fourth-order valence-electron chi connectivity index (χ4n) is 3.10. The molecule has 29 heavy (non-hydrogen) atoms. The number of anilines is 1. The van der Waals surface area contributed by atoms with Crippen LogP contribution in [-0.2, 0) is 0 Å². The third-order valence-corrected chi connectivity index (χ3v) is 5.47. The molecule has 0 radical (unpaired) electrons. The molecule has 7 nitrogen and oxygen atoms in total. The lowest BCUT2D eigenvalue weighted by Crippen LogP contribution is -2.15. The summed E-state index contributed by atoms with van der Waals surface area (Å²) in [5.41, 5.74) is 2.99. The third-order valence-electron chi connectivity index (χ3n) is 4.38. The molecule has 0 bridgehead atoms. The first-order valence-electron chi connectivity index (χ1n) is 9.24. The highest BCUT2D eigenvalue weighted by molar-refractivity contribution is 7.19. The van der Waals surface area contributed by atoms with Gasteiger partial charge in [0.15, 0.2) is 10.9 Å². The lowest BCUT2D eigenvalue weighted by Gasteiger charge is -2.11. The van der Waals surface area contributed by atoms with Crippen LogP contribution < -0.4 is 5.32 Å². The summed E-state index contributed by atoms with van der Waals surface area (Å²) in [5.74, 6) is 0.525. The summed E-state index contributed by atoms with van der Waals surface area (Å²) in [6, 6.07) is 11.3. The Labute approximate surface area is 172 Å². The lowest BCUT2D eigenvalue weighted by molar-refractivity contribution is 0.102. The van der Waals surface area contributed by atoms with Crippen LogP contribution >= 0.6 is 11.3 Å². The molecular weight excluding hydrogens is 384 g/mol. The first-order chi connectivity index (χ1) is 14.0. The van der Waals surface area contributed by atoms with Crippen molar-refractivity contribution in [2.45, 2.75) is 26.7 Å². The van der Waals surface area contributed by atoms with Gasteiger partial charge in [-0.1, -0.05) is 37.3 Å². The van der Waals surface area contributed by atoms with Crippen LogP contribution in [0.2, 0.25) is 0 Å². The number of hydrogen-bond acceptors (Lipinski definition) is 6. The SMILES string of the molecule is Cc1nc(NC(=O)c2cnn(-c3ccccn3)c2C(C)C)sc1-c1ccccn1. The minimum absolute atomic E-state index is 0.0855. The van der Waals surface area contributed by atoms with E-state index in [4.69, 9.17) is 0 Å². The van der Waals surface area contributed by atoms with Gasteiger partial charge in [-0.05, 0) is 37.1 Å². The van der Waals surface area contributed by atoms with Crippen LogP contribution in [0, 0.1) is 6.92 Å². The molecule has 4 aromatic heterocycles. The quantitative estimate of drug-likeness (QED) is 0.530. The molecule has 146 valence electrons. The number of carbonyl (C=O) groups excluding carboxylic acids is 1. The van der Waals surface area contributed by atoms with Gasteiger partial charge in [-0.25, -0.2) is 14.6 Å². The highest BCUT2D eigenvalue weighted by Gasteiger charge is 2.22. The predicted molar refractivity (Wildman–Crippen MR) is 113 cm³/mol. The Morgan fingerprint density at radius 2 is 1.86 bits per heavy atom. The van der Waals surface area contributed by atoms with Gasteiger partial charge in [0.05, 0.1) is 33.7 Å². The monoisotopic (exact) mass is 404 g/mol. The van der Waals surface area contributed by atoms with Gasteiger partial charge in [0.2, 0.25) is 0 Å². The second-order valence-electron chi connectivity index (χ2n) is 6.80. The Bertz CT molecular complexity index is 1130. The molecular formula is C21H20N6OS. The Balaban J connectivity index is 1.64. The summed E-state index contributed by atoms with van der Waals surface area (Å²) >= 11 is 1.41. The van der Waals surface area contributed by atoms with Crippen LogP contribution in [0.5, 0.6) is 0 Å². The molecule has 1 amide bonds. The molecule has 0 atom stereocenters. The maximum Gasteiger partial charge on any atom is 0.260 e. The largest absolute Gasteiger partial charge is 0.298 e. The zero-order valence-electron chi connectivity index (χ0n) is 16.3. The number of nitrogens with one attached hydrogen (secondary N) is 1. The topological polar surface area (TPSA) is 85.6 Å². The average molecular weight is 404 g/mol. The van der Waals surface area contributed by atoms with E-state index in [0.29, 0.717) is 16.5 Å². The fourth-order valence-corrected chi connectivity index (χ4v) is 4.04. The molecule has 0 aliphatic heterocycles. The van der Waals surface area contributed by atoms with Crippen molar-refractivity contribution >= 4 is 22.4 Å². The number of rotatable bonds is 5. The van der Waals surface area contributed by atoms with Crippen LogP contribution in [0.15, 0.2) is 55.0 Å². The number of amides is 1. The summed E-state index contributed by atoms with van der Waals surface area (Å²) in [4.78, 5) is 27.2. The molecule has 4 heterocycles. The number of thiazole rings is 1. The molecule has 0 saturated carbocycles. The molecule has 0 aliphatic rings. The van der Waals surface area contributed by atoms with Crippen molar-refractivity contribution in [3.05, 3.63) is 71.9 Å². The van der Waals surface area contributed by atoms with Crippen LogP contribution in [-0.4, -0.2) is 30.6 Å². The van der Waals surface area contributed by atoms with Crippen molar-refractivity contribution < 1.29 is 4.79 Å². The van der Waals surface area contributed by atoms with Crippen LogP contribution in [0.25, 0.3) is 16.4 Å². The third kappa shape index (κ3) is 3.79. The molecule has 0 aliphatic carbocycles. The first-order valence-corrected chi connectivity index (χ1v) is 10.1. The van der Waals surface area contributed by atoms with E-state index in [0.717, 1.165) is 22.0 Å². The number of hydrogen-bond donors (Lipinski definition) is 1. The summed E-state index contributed by atoms with van der Waals surface area (Å²) in [6.07, 6.45) is 5.03. The summed E-state index contributed by atoms with van der Waals surface area (Å²) < 4.78 is 1.71. The number of aromatic nitrogens is 5. The number of pyridine rings is 2. The van der Waals surface area contributed by atoms with Crippen molar-refractivity contribution in [3.63, 3.8) is 0 Å². The Morgan fingerprint density at radius 3 is 2.52 bits per heavy atom.